The van der Waals surface area contributed by atoms with E-state index < -0.39 is 23.9 Å². The van der Waals surface area contributed by atoms with Crippen molar-refractivity contribution < 1.29 is 20.4 Å². The van der Waals surface area contributed by atoms with Crippen LogP contribution in [0.1, 0.15) is 105 Å². The summed E-state index contributed by atoms with van der Waals surface area (Å²) in [6.07, 6.45) is 13.0. The lowest BCUT2D eigenvalue weighted by Crippen LogP contribution is -2.39. The van der Waals surface area contributed by atoms with Crippen LogP contribution in [0.2, 0.25) is 0 Å². The summed E-state index contributed by atoms with van der Waals surface area (Å²) in [5.74, 6) is 7.38. The molecule has 202 valence electrons. The lowest BCUT2D eigenvalue weighted by Gasteiger charge is -2.44. The van der Waals surface area contributed by atoms with Crippen LogP contribution in [-0.4, -0.2) is 44.3 Å². The molecule has 0 aromatic rings. The molecule has 3 fully saturated rings. The van der Waals surface area contributed by atoms with E-state index in [-0.39, 0.29) is 11.3 Å². The average Bonchev–Trinajstić information content (AvgIpc) is 3.21. The second-order valence-corrected chi connectivity index (χ2v) is 12.1. The van der Waals surface area contributed by atoms with Gasteiger partial charge in [0.2, 0.25) is 0 Å². The number of aliphatic hydroxyl groups excluding tert-OH is 3. The number of rotatable bonds is 8. The quantitative estimate of drug-likeness (QED) is 0.250. The van der Waals surface area contributed by atoms with Gasteiger partial charge in [0.25, 0.3) is 0 Å². The minimum absolute atomic E-state index is 0.122. The molecule has 3 aliphatic carbocycles. The molecule has 0 heterocycles. The van der Waals surface area contributed by atoms with E-state index in [0.717, 1.165) is 62.5 Å². The first-order chi connectivity index (χ1) is 17.0. The van der Waals surface area contributed by atoms with Crippen LogP contribution in [0.3, 0.4) is 0 Å². The Bertz CT molecular complexity index is 886. The molecule has 0 aromatic carbocycles. The Kier molecular flexibility index (Phi) is 10.1. The number of aliphatic hydroxyl groups is 4. The highest BCUT2D eigenvalue weighted by Gasteiger charge is 2.51. The van der Waals surface area contributed by atoms with Gasteiger partial charge in [-0.2, -0.15) is 0 Å². The topological polar surface area (TPSA) is 80.9 Å². The predicted octanol–water partition coefficient (Wildman–Crippen LogP) is 5.85. The van der Waals surface area contributed by atoms with Crippen molar-refractivity contribution >= 4 is 0 Å². The highest BCUT2D eigenvalue weighted by atomic mass is 16.3. The molecule has 0 saturated heterocycles. The first-order valence-corrected chi connectivity index (χ1v) is 14.4. The third kappa shape index (κ3) is 6.54. The van der Waals surface area contributed by atoms with Gasteiger partial charge in [-0.3, -0.25) is 0 Å². The van der Waals surface area contributed by atoms with Crippen LogP contribution >= 0.6 is 0 Å². The molecule has 0 aliphatic heterocycles. The molecule has 4 N–H and O–H groups in total. The summed E-state index contributed by atoms with van der Waals surface area (Å²) in [6.45, 7) is 12.7. The molecule has 0 spiro atoms. The fraction of sp³-hybridized carbons (Fsp3) is 0.750. The molecule has 0 radical (unpaired) electrons. The van der Waals surface area contributed by atoms with Crippen LogP contribution in [-0.2, 0) is 0 Å². The van der Waals surface area contributed by atoms with Crippen LogP contribution in [0.5, 0.6) is 0 Å². The maximum atomic E-state index is 10.9. The third-order valence-electron chi connectivity index (χ3n) is 9.94. The van der Waals surface area contributed by atoms with Gasteiger partial charge in [-0.05, 0) is 98.5 Å². The van der Waals surface area contributed by atoms with Gasteiger partial charge in [0.15, 0.2) is 0 Å². The third-order valence-corrected chi connectivity index (χ3v) is 9.94. The number of hydrogen-bond donors (Lipinski definition) is 4. The van der Waals surface area contributed by atoms with Crippen LogP contribution < -0.4 is 0 Å². The van der Waals surface area contributed by atoms with Crippen molar-refractivity contribution in [2.24, 2.45) is 23.2 Å². The van der Waals surface area contributed by atoms with Gasteiger partial charge >= 0.3 is 0 Å². The van der Waals surface area contributed by atoms with Crippen molar-refractivity contribution in [3.05, 3.63) is 35.5 Å². The first kappa shape index (κ1) is 29.2. The summed E-state index contributed by atoms with van der Waals surface area (Å²) in [6, 6.07) is 0. The normalized spacial score (nSPS) is 34.8. The fourth-order valence-electron chi connectivity index (χ4n) is 7.25. The molecule has 0 amide bonds. The standard InChI is InChI=1S/C32H50O4/c1-6-32(36,7-2)19-10-8-9-13-29(34)23(4)27-16-17-28-24(12-11-18-31(27,28)5)14-15-25-20-26(33)21-30(35)22(25)3/h14-15,23,26-30,33-36H,3,6-8,10-12,16-21H2,1-2,4-5H3/b24-14+,25-15+/t23-,26-,27-,28+,29+,30+,31-/m1/s1. The van der Waals surface area contributed by atoms with Gasteiger partial charge < -0.3 is 20.4 Å². The summed E-state index contributed by atoms with van der Waals surface area (Å²) >= 11 is 0. The second-order valence-electron chi connectivity index (χ2n) is 12.1. The maximum absolute atomic E-state index is 10.9. The highest BCUT2D eigenvalue weighted by molar-refractivity contribution is 5.38. The molecule has 0 unspecified atom stereocenters. The average molecular weight is 499 g/mol. The Morgan fingerprint density at radius 2 is 1.92 bits per heavy atom. The Hall–Kier alpha value is -1.38. The van der Waals surface area contributed by atoms with Gasteiger partial charge in [-0.25, -0.2) is 0 Å². The van der Waals surface area contributed by atoms with Crippen molar-refractivity contribution in [1.29, 1.82) is 0 Å². The van der Waals surface area contributed by atoms with Crippen molar-refractivity contribution in [1.82, 2.24) is 0 Å². The van der Waals surface area contributed by atoms with E-state index in [4.69, 9.17) is 0 Å². The zero-order valence-electron chi connectivity index (χ0n) is 23.1. The van der Waals surface area contributed by atoms with E-state index in [1.54, 1.807) is 0 Å². The minimum Gasteiger partial charge on any atom is -0.393 e. The van der Waals surface area contributed by atoms with Gasteiger partial charge in [0, 0.05) is 12.8 Å². The number of fused-ring (bicyclic) bond motifs is 1. The zero-order valence-corrected chi connectivity index (χ0v) is 23.1. The number of hydrogen-bond acceptors (Lipinski definition) is 4. The molecule has 0 bridgehead atoms. The van der Waals surface area contributed by atoms with Gasteiger partial charge in [0.05, 0.1) is 17.8 Å². The van der Waals surface area contributed by atoms with Crippen molar-refractivity contribution in [3.8, 4) is 11.8 Å². The highest BCUT2D eigenvalue weighted by Crippen LogP contribution is 2.59. The molecule has 36 heavy (non-hydrogen) atoms. The molecule has 3 rings (SSSR count). The lowest BCUT2D eigenvalue weighted by molar-refractivity contribution is 0.0221. The van der Waals surface area contributed by atoms with E-state index in [1.165, 1.54) is 12.0 Å². The van der Waals surface area contributed by atoms with Gasteiger partial charge in [0.1, 0.15) is 6.10 Å². The smallest absolute Gasteiger partial charge is 0.117 e. The number of unbranched alkanes of at least 4 members (excludes halogenated alkanes) is 1. The summed E-state index contributed by atoms with van der Waals surface area (Å²) in [5, 5.41) is 41.7. The number of allylic oxidation sites excluding steroid dienone is 3. The SMILES string of the molecule is C=C1/C(=C/C=C2\CCC[C@]3(C)[C@@H]([C@@H](C)[C@@H](O)C#CCCCC(O)(CC)CC)CC[C@@H]23)C[C@@H](O)C[C@@H]1O. The second kappa shape index (κ2) is 12.4. The summed E-state index contributed by atoms with van der Waals surface area (Å²) in [7, 11) is 0. The van der Waals surface area contributed by atoms with Crippen molar-refractivity contribution in [2.75, 3.05) is 0 Å². The van der Waals surface area contributed by atoms with E-state index >= 15 is 0 Å². The van der Waals surface area contributed by atoms with E-state index in [1.807, 2.05) is 13.8 Å². The van der Waals surface area contributed by atoms with Crippen LogP contribution in [0.25, 0.3) is 0 Å². The largest absolute Gasteiger partial charge is 0.393 e. The van der Waals surface area contributed by atoms with E-state index in [9.17, 15) is 20.4 Å². The molecule has 3 saturated carbocycles. The first-order valence-electron chi connectivity index (χ1n) is 14.4. The molecular formula is C32H50O4. The van der Waals surface area contributed by atoms with Crippen LogP contribution in [0, 0.1) is 35.0 Å². The fourth-order valence-corrected chi connectivity index (χ4v) is 7.25. The van der Waals surface area contributed by atoms with Crippen molar-refractivity contribution in [2.45, 2.75) is 129 Å². The summed E-state index contributed by atoms with van der Waals surface area (Å²) in [5.41, 5.74) is 2.75. The Morgan fingerprint density at radius 1 is 1.19 bits per heavy atom. The monoisotopic (exact) mass is 498 g/mol. The Balaban J connectivity index is 1.64. The van der Waals surface area contributed by atoms with E-state index in [2.05, 4.69) is 44.4 Å². The van der Waals surface area contributed by atoms with E-state index in [0.29, 0.717) is 31.1 Å². The van der Waals surface area contributed by atoms with Gasteiger partial charge in [-0.1, -0.05) is 57.9 Å². The minimum atomic E-state index is -0.654. The van der Waals surface area contributed by atoms with Crippen molar-refractivity contribution in [3.63, 3.8) is 0 Å². The molecule has 0 aromatic heterocycles. The van der Waals surface area contributed by atoms with Gasteiger partial charge in [-0.15, -0.1) is 5.92 Å². The molecule has 4 heteroatoms. The predicted molar refractivity (Wildman–Crippen MR) is 147 cm³/mol. The molecular weight excluding hydrogens is 448 g/mol. The lowest BCUT2D eigenvalue weighted by atomic mass is 9.60. The maximum Gasteiger partial charge on any atom is 0.117 e. The summed E-state index contributed by atoms with van der Waals surface area (Å²) in [4.78, 5) is 0. The zero-order chi connectivity index (χ0) is 26.5. The summed E-state index contributed by atoms with van der Waals surface area (Å²) < 4.78 is 0. The molecule has 4 nitrogen and oxygen atoms in total. The Morgan fingerprint density at radius 3 is 2.61 bits per heavy atom. The van der Waals surface area contributed by atoms with Crippen LogP contribution in [0.4, 0.5) is 0 Å². The van der Waals surface area contributed by atoms with Crippen LogP contribution in [0.15, 0.2) is 35.5 Å². The molecule has 3 aliphatic rings. The Labute approximate surface area is 219 Å². The molecule has 7 atom stereocenters.